The number of hydrogen-bond donors (Lipinski definition) is 1. The SMILES string of the molecule is CCN(CCNCCCN(C)C)CC(C)C. The Morgan fingerprint density at radius 3 is 2.25 bits per heavy atom. The van der Waals surface area contributed by atoms with Crippen molar-refractivity contribution in [3.05, 3.63) is 0 Å². The Morgan fingerprint density at radius 1 is 1.06 bits per heavy atom. The van der Waals surface area contributed by atoms with Crippen molar-refractivity contribution in [2.75, 3.05) is 53.4 Å². The van der Waals surface area contributed by atoms with Crippen LogP contribution in [-0.2, 0) is 0 Å². The van der Waals surface area contributed by atoms with Gasteiger partial charge >= 0.3 is 0 Å². The van der Waals surface area contributed by atoms with E-state index in [4.69, 9.17) is 0 Å². The van der Waals surface area contributed by atoms with Crippen molar-refractivity contribution in [1.82, 2.24) is 15.1 Å². The lowest BCUT2D eigenvalue weighted by Crippen LogP contribution is -2.35. The normalized spacial score (nSPS) is 12.0. The first kappa shape index (κ1) is 15.9. The van der Waals surface area contributed by atoms with Crippen molar-refractivity contribution >= 4 is 0 Å². The van der Waals surface area contributed by atoms with Crippen LogP contribution >= 0.6 is 0 Å². The molecule has 0 aromatic rings. The minimum Gasteiger partial charge on any atom is -0.315 e. The molecule has 0 amide bonds. The van der Waals surface area contributed by atoms with Crippen molar-refractivity contribution in [3.63, 3.8) is 0 Å². The molecule has 0 rings (SSSR count). The van der Waals surface area contributed by atoms with Gasteiger partial charge in [0.2, 0.25) is 0 Å². The predicted octanol–water partition coefficient (Wildman–Crippen LogP) is 1.51. The molecule has 0 aliphatic rings. The van der Waals surface area contributed by atoms with Gasteiger partial charge < -0.3 is 15.1 Å². The third-order valence-electron chi connectivity index (χ3n) is 2.63. The van der Waals surface area contributed by atoms with Gasteiger partial charge in [0.25, 0.3) is 0 Å². The Kier molecular flexibility index (Phi) is 9.99. The minimum atomic E-state index is 0.772. The highest BCUT2D eigenvalue weighted by molar-refractivity contribution is 4.60. The van der Waals surface area contributed by atoms with E-state index < -0.39 is 0 Å². The highest BCUT2D eigenvalue weighted by Crippen LogP contribution is 1.96. The van der Waals surface area contributed by atoms with Crippen molar-refractivity contribution in [3.8, 4) is 0 Å². The topological polar surface area (TPSA) is 18.5 Å². The van der Waals surface area contributed by atoms with E-state index in [0.717, 1.165) is 25.6 Å². The van der Waals surface area contributed by atoms with Crippen LogP contribution in [0, 0.1) is 5.92 Å². The van der Waals surface area contributed by atoms with Gasteiger partial charge in [0.05, 0.1) is 0 Å². The van der Waals surface area contributed by atoms with Crippen LogP contribution in [0.15, 0.2) is 0 Å². The van der Waals surface area contributed by atoms with E-state index in [0.29, 0.717) is 0 Å². The second kappa shape index (κ2) is 10.1. The molecule has 0 unspecified atom stereocenters. The molecule has 0 spiro atoms. The van der Waals surface area contributed by atoms with Crippen LogP contribution in [0.5, 0.6) is 0 Å². The van der Waals surface area contributed by atoms with Gasteiger partial charge in [-0.15, -0.1) is 0 Å². The Labute approximate surface area is 102 Å². The van der Waals surface area contributed by atoms with E-state index in [1.807, 2.05) is 0 Å². The van der Waals surface area contributed by atoms with Crippen molar-refractivity contribution in [1.29, 1.82) is 0 Å². The Hall–Kier alpha value is -0.120. The van der Waals surface area contributed by atoms with Crippen molar-refractivity contribution < 1.29 is 0 Å². The van der Waals surface area contributed by atoms with E-state index in [2.05, 4.69) is 50.0 Å². The van der Waals surface area contributed by atoms with E-state index in [9.17, 15) is 0 Å². The Balaban J connectivity index is 3.34. The summed E-state index contributed by atoms with van der Waals surface area (Å²) in [7, 11) is 4.25. The molecule has 0 atom stereocenters. The number of nitrogens with zero attached hydrogens (tertiary/aromatic N) is 2. The summed E-state index contributed by atoms with van der Waals surface area (Å²) in [5.41, 5.74) is 0. The maximum atomic E-state index is 3.51. The van der Waals surface area contributed by atoms with Gasteiger partial charge in [-0.2, -0.15) is 0 Å². The molecule has 98 valence electrons. The second-order valence-electron chi connectivity index (χ2n) is 5.19. The van der Waals surface area contributed by atoms with E-state index in [-0.39, 0.29) is 0 Å². The summed E-state index contributed by atoms with van der Waals surface area (Å²) in [6, 6.07) is 0. The van der Waals surface area contributed by atoms with Crippen LogP contribution in [0.1, 0.15) is 27.2 Å². The van der Waals surface area contributed by atoms with E-state index >= 15 is 0 Å². The first-order valence-electron chi connectivity index (χ1n) is 6.64. The third kappa shape index (κ3) is 10.4. The molecule has 0 aromatic carbocycles. The van der Waals surface area contributed by atoms with Gasteiger partial charge in [0.15, 0.2) is 0 Å². The highest BCUT2D eigenvalue weighted by atomic mass is 15.1. The zero-order chi connectivity index (χ0) is 12.4. The average molecular weight is 229 g/mol. The lowest BCUT2D eigenvalue weighted by molar-refractivity contribution is 0.255. The second-order valence-corrected chi connectivity index (χ2v) is 5.19. The van der Waals surface area contributed by atoms with E-state index in [1.165, 1.54) is 26.1 Å². The molecule has 3 nitrogen and oxygen atoms in total. The molecule has 0 heterocycles. The smallest absolute Gasteiger partial charge is 0.0107 e. The van der Waals surface area contributed by atoms with Crippen molar-refractivity contribution in [2.45, 2.75) is 27.2 Å². The quantitative estimate of drug-likeness (QED) is 0.573. The molecule has 0 saturated carbocycles. The fourth-order valence-electron chi connectivity index (χ4n) is 1.78. The zero-order valence-electron chi connectivity index (χ0n) is 11.9. The van der Waals surface area contributed by atoms with Gasteiger partial charge in [0.1, 0.15) is 0 Å². The molecule has 0 aliphatic carbocycles. The van der Waals surface area contributed by atoms with Gasteiger partial charge in [-0.05, 0) is 46.1 Å². The molecule has 16 heavy (non-hydrogen) atoms. The number of rotatable bonds is 10. The van der Waals surface area contributed by atoms with Gasteiger partial charge in [0, 0.05) is 19.6 Å². The molecule has 0 fully saturated rings. The predicted molar refractivity (Wildman–Crippen MR) is 73.0 cm³/mol. The molecule has 0 aliphatic heterocycles. The molecule has 1 N–H and O–H groups in total. The van der Waals surface area contributed by atoms with Crippen LogP contribution < -0.4 is 5.32 Å². The van der Waals surface area contributed by atoms with Crippen LogP contribution in [0.4, 0.5) is 0 Å². The highest BCUT2D eigenvalue weighted by Gasteiger charge is 2.03. The molecule has 0 radical (unpaired) electrons. The summed E-state index contributed by atoms with van der Waals surface area (Å²) >= 11 is 0. The summed E-state index contributed by atoms with van der Waals surface area (Å²) in [6.45, 7) is 13.8. The molecule has 0 bridgehead atoms. The Bertz CT molecular complexity index is 146. The molecular weight excluding hydrogens is 198 g/mol. The zero-order valence-corrected chi connectivity index (χ0v) is 11.9. The maximum Gasteiger partial charge on any atom is 0.0107 e. The first-order chi connectivity index (χ1) is 7.56. The Morgan fingerprint density at radius 2 is 1.75 bits per heavy atom. The van der Waals surface area contributed by atoms with Crippen LogP contribution in [0.3, 0.4) is 0 Å². The molecule has 3 heteroatoms. The lowest BCUT2D eigenvalue weighted by atomic mass is 10.2. The summed E-state index contributed by atoms with van der Waals surface area (Å²) in [5, 5.41) is 3.51. The monoisotopic (exact) mass is 229 g/mol. The van der Waals surface area contributed by atoms with Crippen LogP contribution in [-0.4, -0.2) is 63.2 Å². The minimum absolute atomic E-state index is 0.772. The third-order valence-corrected chi connectivity index (χ3v) is 2.63. The fourth-order valence-corrected chi connectivity index (χ4v) is 1.78. The van der Waals surface area contributed by atoms with Crippen molar-refractivity contribution in [2.24, 2.45) is 5.92 Å². The summed E-state index contributed by atoms with van der Waals surface area (Å²) in [6.07, 6.45) is 1.24. The molecule has 0 saturated heterocycles. The largest absolute Gasteiger partial charge is 0.315 e. The van der Waals surface area contributed by atoms with Gasteiger partial charge in [-0.1, -0.05) is 20.8 Å². The van der Waals surface area contributed by atoms with Crippen LogP contribution in [0.2, 0.25) is 0 Å². The lowest BCUT2D eigenvalue weighted by Gasteiger charge is -2.22. The molecule has 0 aromatic heterocycles. The van der Waals surface area contributed by atoms with Gasteiger partial charge in [-0.25, -0.2) is 0 Å². The summed E-state index contributed by atoms with van der Waals surface area (Å²) in [5.74, 6) is 0.772. The standard InChI is InChI=1S/C13H31N3/c1-6-16(12-13(2)3)11-9-14-8-7-10-15(4)5/h13-14H,6-12H2,1-5H3. The summed E-state index contributed by atoms with van der Waals surface area (Å²) in [4.78, 5) is 4.75. The molecular formula is C13H31N3. The number of nitrogens with one attached hydrogen (secondary N) is 1. The maximum absolute atomic E-state index is 3.51. The summed E-state index contributed by atoms with van der Waals surface area (Å²) < 4.78 is 0. The van der Waals surface area contributed by atoms with Gasteiger partial charge in [-0.3, -0.25) is 0 Å². The van der Waals surface area contributed by atoms with E-state index in [1.54, 1.807) is 0 Å². The first-order valence-corrected chi connectivity index (χ1v) is 6.64. The van der Waals surface area contributed by atoms with Crippen LogP contribution in [0.25, 0.3) is 0 Å². The fraction of sp³-hybridized carbons (Fsp3) is 1.00. The number of likely N-dealkylation sites (N-methyl/N-ethyl adjacent to an activating group) is 1. The average Bonchev–Trinajstić information content (AvgIpc) is 2.20. The number of hydrogen-bond acceptors (Lipinski definition) is 3.